The molecule has 1 amide bonds. The van der Waals surface area contributed by atoms with Gasteiger partial charge in [-0.2, -0.15) is 4.98 Å². The highest BCUT2D eigenvalue weighted by Gasteiger charge is 2.28. The molecule has 26 heavy (non-hydrogen) atoms. The molecule has 1 aliphatic heterocycles. The molecule has 1 atom stereocenters. The van der Waals surface area contributed by atoms with E-state index in [1.165, 1.54) is 14.2 Å². The number of aromatic nitrogens is 2. The summed E-state index contributed by atoms with van der Waals surface area (Å²) in [6.45, 7) is 3.69. The van der Waals surface area contributed by atoms with E-state index < -0.39 is 5.82 Å². The zero-order valence-corrected chi connectivity index (χ0v) is 15.0. The third-order valence-corrected chi connectivity index (χ3v) is 4.69. The van der Waals surface area contributed by atoms with Crippen LogP contribution in [0, 0.1) is 5.82 Å². The number of hydrogen-bond donors (Lipinski definition) is 1. The average Bonchev–Trinajstić information content (AvgIpc) is 2.67. The van der Waals surface area contributed by atoms with Gasteiger partial charge in [-0.05, 0) is 12.5 Å². The number of nitrogens with zero attached hydrogens (tertiary/aromatic N) is 4. The minimum absolute atomic E-state index is 0.0261. The Morgan fingerprint density at radius 3 is 2.73 bits per heavy atom. The Morgan fingerprint density at radius 2 is 2.12 bits per heavy atom. The van der Waals surface area contributed by atoms with Crippen LogP contribution in [0.5, 0.6) is 11.5 Å². The summed E-state index contributed by atoms with van der Waals surface area (Å²) in [6, 6.07) is 1.60. The van der Waals surface area contributed by atoms with Crippen molar-refractivity contribution in [2.75, 3.05) is 44.5 Å². The van der Waals surface area contributed by atoms with Gasteiger partial charge in [-0.1, -0.05) is 6.92 Å². The average molecular weight is 363 g/mol. The van der Waals surface area contributed by atoms with Crippen LogP contribution in [-0.2, 0) is 4.79 Å². The number of carbonyl (C=O) groups is 1. The number of methoxy groups -OCH3 is 2. The van der Waals surface area contributed by atoms with Crippen molar-refractivity contribution in [3.63, 3.8) is 0 Å². The van der Waals surface area contributed by atoms with Crippen LogP contribution in [0.4, 0.5) is 16.2 Å². The van der Waals surface area contributed by atoms with E-state index in [2.05, 4.69) is 9.97 Å². The second kappa shape index (κ2) is 7.19. The molecule has 3 rings (SSSR count). The first-order chi connectivity index (χ1) is 12.5. The molecule has 8 nitrogen and oxygen atoms in total. The van der Waals surface area contributed by atoms with Gasteiger partial charge in [0.2, 0.25) is 12.4 Å². The first kappa shape index (κ1) is 18.0. The fraction of sp³-hybridized carbons (Fsp3) is 0.471. The summed E-state index contributed by atoms with van der Waals surface area (Å²) in [4.78, 5) is 23.5. The Balaban J connectivity index is 2.11. The summed E-state index contributed by atoms with van der Waals surface area (Å²) >= 11 is 0. The fourth-order valence-corrected chi connectivity index (χ4v) is 3.25. The van der Waals surface area contributed by atoms with E-state index in [1.807, 2.05) is 11.8 Å². The van der Waals surface area contributed by atoms with E-state index in [9.17, 15) is 9.18 Å². The number of halogens is 1. The monoisotopic (exact) mass is 363 g/mol. The Kier molecular flexibility index (Phi) is 4.97. The molecule has 1 aromatic heterocycles. The molecule has 9 heteroatoms. The smallest absolute Gasteiger partial charge is 0.228 e. The lowest BCUT2D eigenvalue weighted by Gasteiger charge is -2.39. The highest BCUT2D eigenvalue weighted by Crippen LogP contribution is 2.37. The summed E-state index contributed by atoms with van der Waals surface area (Å²) in [6.07, 6.45) is 1.63. The van der Waals surface area contributed by atoms with Crippen molar-refractivity contribution < 1.29 is 18.7 Å². The first-order valence-electron chi connectivity index (χ1n) is 8.37. The Bertz CT molecular complexity index is 832. The molecule has 0 unspecified atom stereocenters. The standard InChI is InChI=1S/C17H22FN5O3/c1-4-10-8-22(9-24)5-6-23(10)17-20-14-11(16(19)21-17)7-12(25-2)15(26-3)13(14)18/h7,9-10H,4-6,8H2,1-3H3,(H2,19,20,21)/t10-/m0/s1. The van der Waals surface area contributed by atoms with Crippen LogP contribution in [0.15, 0.2) is 6.07 Å². The molecular formula is C17H22FN5O3. The van der Waals surface area contributed by atoms with Gasteiger partial charge < -0.3 is 25.0 Å². The summed E-state index contributed by atoms with van der Waals surface area (Å²) in [7, 11) is 2.79. The molecule has 140 valence electrons. The minimum atomic E-state index is -0.642. The fourth-order valence-electron chi connectivity index (χ4n) is 3.25. The van der Waals surface area contributed by atoms with Crippen molar-refractivity contribution in [3.8, 4) is 11.5 Å². The molecule has 2 heterocycles. The van der Waals surface area contributed by atoms with Crippen LogP contribution in [0.25, 0.3) is 10.9 Å². The van der Waals surface area contributed by atoms with E-state index >= 15 is 0 Å². The maximum absolute atomic E-state index is 14.9. The lowest BCUT2D eigenvalue weighted by Crippen LogP contribution is -2.53. The van der Waals surface area contributed by atoms with Crippen molar-refractivity contribution in [1.82, 2.24) is 14.9 Å². The SMILES string of the molecule is CC[C@H]1CN(C=O)CCN1c1nc(N)c2cc(OC)c(OC)c(F)c2n1. The molecule has 1 aliphatic rings. The van der Waals surface area contributed by atoms with Gasteiger partial charge >= 0.3 is 0 Å². The van der Waals surface area contributed by atoms with E-state index in [4.69, 9.17) is 15.2 Å². The number of fused-ring (bicyclic) bond motifs is 1. The Labute approximate surface area is 150 Å². The molecule has 0 radical (unpaired) electrons. The number of ether oxygens (including phenoxy) is 2. The van der Waals surface area contributed by atoms with E-state index in [0.717, 1.165) is 12.8 Å². The van der Waals surface area contributed by atoms with Crippen LogP contribution in [0.3, 0.4) is 0 Å². The van der Waals surface area contributed by atoms with Crippen LogP contribution in [-0.4, -0.2) is 61.2 Å². The minimum Gasteiger partial charge on any atom is -0.493 e. The molecule has 1 aromatic carbocycles. The van der Waals surface area contributed by atoms with Gasteiger partial charge in [0.15, 0.2) is 17.3 Å². The molecule has 2 aromatic rings. The maximum Gasteiger partial charge on any atom is 0.228 e. The van der Waals surface area contributed by atoms with E-state index in [-0.39, 0.29) is 28.9 Å². The number of amides is 1. The number of benzene rings is 1. The second-order valence-electron chi connectivity index (χ2n) is 6.09. The van der Waals surface area contributed by atoms with Gasteiger partial charge in [-0.15, -0.1) is 0 Å². The predicted molar refractivity (Wildman–Crippen MR) is 96.1 cm³/mol. The first-order valence-corrected chi connectivity index (χ1v) is 8.37. The normalized spacial score (nSPS) is 17.5. The van der Waals surface area contributed by atoms with Gasteiger partial charge in [-0.3, -0.25) is 4.79 Å². The Morgan fingerprint density at radius 1 is 1.35 bits per heavy atom. The third-order valence-electron chi connectivity index (χ3n) is 4.69. The van der Waals surface area contributed by atoms with Gasteiger partial charge in [0.05, 0.1) is 14.2 Å². The highest BCUT2D eigenvalue weighted by atomic mass is 19.1. The van der Waals surface area contributed by atoms with Crippen molar-refractivity contribution in [1.29, 1.82) is 0 Å². The maximum atomic E-state index is 14.9. The van der Waals surface area contributed by atoms with Crippen LogP contribution in [0.1, 0.15) is 13.3 Å². The highest BCUT2D eigenvalue weighted by molar-refractivity contribution is 5.92. The summed E-state index contributed by atoms with van der Waals surface area (Å²) in [5, 5.41) is 0.364. The zero-order valence-electron chi connectivity index (χ0n) is 15.0. The Hall–Kier alpha value is -2.84. The largest absolute Gasteiger partial charge is 0.493 e. The molecule has 1 fully saturated rings. The quantitative estimate of drug-likeness (QED) is 0.803. The van der Waals surface area contributed by atoms with Crippen LogP contribution < -0.4 is 20.1 Å². The van der Waals surface area contributed by atoms with Gasteiger partial charge in [0.25, 0.3) is 0 Å². The van der Waals surface area contributed by atoms with Gasteiger partial charge in [-0.25, -0.2) is 9.37 Å². The number of nitrogens with two attached hydrogens (primary N) is 1. The molecule has 1 saturated heterocycles. The lowest BCUT2D eigenvalue weighted by atomic mass is 10.1. The molecule has 0 aliphatic carbocycles. The van der Waals surface area contributed by atoms with E-state index in [1.54, 1.807) is 11.0 Å². The number of hydrogen-bond acceptors (Lipinski definition) is 7. The summed E-state index contributed by atoms with van der Waals surface area (Å²) in [5.74, 6) is 0.0706. The molecule has 0 bridgehead atoms. The van der Waals surface area contributed by atoms with Crippen molar-refractivity contribution >= 4 is 29.1 Å². The predicted octanol–water partition coefficient (Wildman–Crippen LogP) is 1.43. The number of nitrogen functional groups attached to an aromatic ring is 1. The topological polar surface area (TPSA) is 93.8 Å². The molecular weight excluding hydrogens is 341 g/mol. The number of carbonyl (C=O) groups excluding carboxylic acids is 1. The number of piperazine rings is 1. The summed E-state index contributed by atoms with van der Waals surface area (Å²) < 4.78 is 25.2. The van der Waals surface area contributed by atoms with Crippen molar-refractivity contribution in [2.45, 2.75) is 19.4 Å². The van der Waals surface area contributed by atoms with Crippen molar-refractivity contribution in [2.24, 2.45) is 0 Å². The lowest BCUT2D eigenvalue weighted by molar-refractivity contribution is -0.118. The zero-order chi connectivity index (χ0) is 18.8. The number of rotatable bonds is 5. The second-order valence-corrected chi connectivity index (χ2v) is 6.09. The molecule has 2 N–H and O–H groups in total. The summed E-state index contributed by atoms with van der Waals surface area (Å²) in [5.41, 5.74) is 6.16. The molecule has 0 saturated carbocycles. The van der Waals surface area contributed by atoms with Crippen molar-refractivity contribution in [3.05, 3.63) is 11.9 Å². The van der Waals surface area contributed by atoms with Gasteiger partial charge in [0, 0.05) is 31.1 Å². The van der Waals surface area contributed by atoms with Gasteiger partial charge in [0.1, 0.15) is 11.3 Å². The van der Waals surface area contributed by atoms with E-state index in [0.29, 0.717) is 31.0 Å². The van der Waals surface area contributed by atoms with Crippen LogP contribution >= 0.6 is 0 Å². The van der Waals surface area contributed by atoms with Crippen LogP contribution in [0.2, 0.25) is 0 Å². The third kappa shape index (κ3) is 2.93. The molecule has 0 spiro atoms. The number of anilines is 2.